The Morgan fingerprint density at radius 1 is 0.362 bits per heavy atom. The summed E-state index contributed by atoms with van der Waals surface area (Å²) in [6, 6.07) is 68.9. The zero-order valence-corrected chi connectivity index (χ0v) is 32.3. The zero-order valence-electron chi connectivity index (χ0n) is 32.3. The fourth-order valence-electron chi connectivity index (χ4n) is 9.02. The highest BCUT2D eigenvalue weighted by Gasteiger charge is 2.38. The Morgan fingerprint density at radius 3 is 1.50 bits per heavy atom. The van der Waals surface area contributed by atoms with E-state index in [2.05, 4.69) is 188 Å². The maximum absolute atomic E-state index is 5.19. The molecule has 0 radical (unpaired) electrons. The molecule has 0 atom stereocenters. The number of aromatic nitrogens is 4. The quantitative estimate of drug-likeness (QED) is 0.170. The van der Waals surface area contributed by atoms with Gasteiger partial charge in [0.2, 0.25) is 0 Å². The van der Waals surface area contributed by atoms with Crippen molar-refractivity contribution in [2.75, 3.05) is 0 Å². The van der Waals surface area contributed by atoms with E-state index in [0.29, 0.717) is 17.5 Å². The van der Waals surface area contributed by atoms with Crippen molar-refractivity contribution in [2.45, 2.75) is 19.3 Å². The third-order valence-electron chi connectivity index (χ3n) is 11.9. The van der Waals surface area contributed by atoms with Gasteiger partial charge in [-0.05, 0) is 62.7 Å². The Hall–Kier alpha value is -7.43. The van der Waals surface area contributed by atoms with Crippen LogP contribution in [0.25, 0.3) is 95.0 Å². The van der Waals surface area contributed by atoms with Crippen LogP contribution < -0.4 is 0 Å². The van der Waals surface area contributed by atoms with Crippen molar-refractivity contribution >= 4 is 21.8 Å². The van der Waals surface area contributed by atoms with Crippen LogP contribution in [0.5, 0.6) is 0 Å². The van der Waals surface area contributed by atoms with Crippen LogP contribution in [0.15, 0.2) is 194 Å². The average Bonchev–Trinajstić information content (AvgIpc) is 3.75. The summed E-state index contributed by atoms with van der Waals surface area (Å²) in [4.78, 5) is 15.4. The molecule has 0 bridgehead atoms. The van der Waals surface area contributed by atoms with Crippen molar-refractivity contribution in [1.82, 2.24) is 19.5 Å². The number of para-hydroxylation sites is 1. The molecule has 274 valence electrons. The molecule has 4 heteroatoms. The predicted octanol–water partition coefficient (Wildman–Crippen LogP) is 13.6. The van der Waals surface area contributed by atoms with Gasteiger partial charge in [-0.2, -0.15) is 0 Å². The lowest BCUT2D eigenvalue weighted by atomic mass is 9.81. The minimum absolute atomic E-state index is 0.174. The Bertz CT molecular complexity index is 3160. The molecule has 2 aromatic heterocycles. The normalized spacial score (nSPS) is 12.8. The summed E-state index contributed by atoms with van der Waals surface area (Å²) in [7, 11) is 0. The van der Waals surface area contributed by atoms with Gasteiger partial charge in [0.15, 0.2) is 17.5 Å². The van der Waals surface area contributed by atoms with Crippen LogP contribution in [-0.2, 0) is 5.41 Å². The van der Waals surface area contributed by atoms with Gasteiger partial charge in [-0.25, -0.2) is 15.0 Å². The molecule has 0 spiro atoms. The van der Waals surface area contributed by atoms with Crippen LogP contribution in [0.1, 0.15) is 25.0 Å². The van der Waals surface area contributed by atoms with E-state index in [-0.39, 0.29) is 5.41 Å². The van der Waals surface area contributed by atoms with E-state index in [1.165, 1.54) is 55.4 Å². The molecule has 10 aromatic rings. The molecule has 4 nitrogen and oxygen atoms in total. The van der Waals surface area contributed by atoms with E-state index in [9.17, 15) is 0 Å². The first-order chi connectivity index (χ1) is 28.5. The zero-order chi connectivity index (χ0) is 38.8. The second-order valence-corrected chi connectivity index (χ2v) is 15.6. The third-order valence-corrected chi connectivity index (χ3v) is 11.9. The Balaban J connectivity index is 1.04. The molecular formula is C54H38N4. The molecule has 0 N–H and O–H groups in total. The Labute approximate surface area is 337 Å². The van der Waals surface area contributed by atoms with Crippen LogP contribution in [0.3, 0.4) is 0 Å². The average molecular weight is 743 g/mol. The largest absolute Gasteiger partial charge is 0.309 e. The predicted molar refractivity (Wildman–Crippen MR) is 239 cm³/mol. The number of rotatable bonds is 6. The molecule has 0 saturated carbocycles. The molecule has 0 amide bonds. The monoisotopic (exact) mass is 742 g/mol. The number of hydrogen-bond acceptors (Lipinski definition) is 3. The van der Waals surface area contributed by atoms with Gasteiger partial charge >= 0.3 is 0 Å². The van der Waals surface area contributed by atoms with Crippen molar-refractivity contribution in [1.29, 1.82) is 0 Å². The van der Waals surface area contributed by atoms with Gasteiger partial charge in [-0.3, -0.25) is 0 Å². The van der Waals surface area contributed by atoms with Crippen LogP contribution in [-0.4, -0.2) is 19.5 Å². The molecule has 1 aliphatic rings. The highest BCUT2D eigenvalue weighted by atomic mass is 15.0. The molecule has 1 aliphatic carbocycles. The standard InChI is InChI=1S/C54H38N4/c1-54(2)46-21-11-9-18-42(46)45-20-13-23-48(50(45)54)58-47-22-12-10-19-43(47)44-33-32-41(34-49(44)58)53-56-51(39-16-7-4-8-17-39)55-52(57-53)40-30-28-38(29-31-40)37-26-24-36(25-27-37)35-14-5-3-6-15-35/h3-34H,1-2H3. The van der Waals surface area contributed by atoms with Gasteiger partial charge in [-0.15, -0.1) is 0 Å². The first-order valence-corrected chi connectivity index (χ1v) is 19.9. The fourth-order valence-corrected chi connectivity index (χ4v) is 9.02. The van der Waals surface area contributed by atoms with E-state index in [0.717, 1.165) is 33.3 Å². The van der Waals surface area contributed by atoms with E-state index in [1.807, 2.05) is 24.3 Å². The molecule has 58 heavy (non-hydrogen) atoms. The van der Waals surface area contributed by atoms with Crippen molar-refractivity contribution < 1.29 is 0 Å². The highest BCUT2D eigenvalue weighted by molar-refractivity contribution is 6.10. The number of nitrogens with zero attached hydrogens (tertiary/aromatic N) is 4. The van der Waals surface area contributed by atoms with Crippen molar-refractivity contribution in [3.63, 3.8) is 0 Å². The summed E-state index contributed by atoms with van der Waals surface area (Å²) in [5, 5.41) is 2.40. The van der Waals surface area contributed by atoms with E-state index >= 15 is 0 Å². The maximum atomic E-state index is 5.19. The summed E-state index contributed by atoms with van der Waals surface area (Å²) in [5.74, 6) is 1.91. The second kappa shape index (κ2) is 13.4. The molecule has 8 aromatic carbocycles. The number of fused-ring (bicyclic) bond motifs is 6. The van der Waals surface area contributed by atoms with Crippen LogP contribution in [0, 0.1) is 0 Å². The van der Waals surface area contributed by atoms with Gasteiger partial charge in [0.25, 0.3) is 0 Å². The summed E-state index contributed by atoms with van der Waals surface area (Å²) in [5.41, 5.74) is 16.1. The summed E-state index contributed by atoms with van der Waals surface area (Å²) < 4.78 is 2.45. The Kier molecular flexibility index (Phi) is 7.80. The van der Waals surface area contributed by atoms with Crippen LogP contribution in [0.2, 0.25) is 0 Å². The molecule has 0 unspecified atom stereocenters. The summed E-state index contributed by atoms with van der Waals surface area (Å²) >= 11 is 0. The SMILES string of the molecule is CC1(C)c2ccccc2-c2cccc(-n3c4ccccc4c4ccc(-c5nc(-c6ccccc6)nc(-c6ccc(-c7ccc(-c8ccccc8)cc7)cc6)n5)cc43)c21. The maximum Gasteiger partial charge on any atom is 0.164 e. The lowest BCUT2D eigenvalue weighted by molar-refractivity contribution is 0.656. The van der Waals surface area contributed by atoms with Crippen LogP contribution in [0.4, 0.5) is 0 Å². The van der Waals surface area contributed by atoms with Crippen molar-refractivity contribution in [3.8, 4) is 73.2 Å². The van der Waals surface area contributed by atoms with Gasteiger partial charge in [0.1, 0.15) is 0 Å². The Morgan fingerprint density at radius 2 is 0.828 bits per heavy atom. The molecule has 2 heterocycles. The highest BCUT2D eigenvalue weighted by Crippen LogP contribution is 2.51. The number of hydrogen-bond donors (Lipinski definition) is 0. The molecular weight excluding hydrogens is 705 g/mol. The van der Waals surface area contributed by atoms with Gasteiger partial charge < -0.3 is 4.57 Å². The van der Waals surface area contributed by atoms with E-state index in [4.69, 9.17) is 15.0 Å². The minimum atomic E-state index is -0.174. The molecule has 0 saturated heterocycles. The summed E-state index contributed by atoms with van der Waals surface area (Å²) in [6.07, 6.45) is 0. The van der Waals surface area contributed by atoms with E-state index in [1.54, 1.807) is 0 Å². The van der Waals surface area contributed by atoms with E-state index < -0.39 is 0 Å². The molecule has 0 aliphatic heterocycles. The molecule has 0 fully saturated rings. The van der Waals surface area contributed by atoms with Gasteiger partial charge in [-0.1, -0.05) is 190 Å². The first kappa shape index (κ1) is 33.9. The summed E-state index contributed by atoms with van der Waals surface area (Å²) in [6.45, 7) is 4.71. The number of benzene rings is 8. The topological polar surface area (TPSA) is 43.6 Å². The smallest absolute Gasteiger partial charge is 0.164 e. The van der Waals surface area contributed by atoms with Gasteiger partial charge in [0.05, 0.1) is 16.7 Å². The van der Waals surface area contributed by atoms with Crippen LogP contribution >= 0.6 is 0 Å². The fraction of sp³-hybridized carbons (Fsp3) is 0.0556. The van der Waals surface area contributed by atoms with Gasteiger partial charge in [0, 0.05) is 32.9 Å². The lowest BCUT2D eigenvalue weighted by Crippen LogP contribution is -2.18. The van der Waals surface area contributed by atoms with Crippen molar-refractivity contribution in [2.24, 2.45) is 0 Å². The lowest BCUT2D eigenvalue weighted by Gasteiger charge is -2.25. The third kappa shape index (κ3) is 5.48. The first-order valence-electron chi connectivity index (χ1n) is 19.9. The second-order valence-electron chi connectivity index (χ2n) is 15.6. The van der Waals surface area contributed by atoms with Crippen molar-refractivity contribution in [3.05, 3.63) is 205 Å². The molecule has 11 rings (SSSR count). The minimum Gasteiger partial charge on any atom is -0.309 e.